The highest BCUT2D eigenvalue weighted by Crippen LogP contribution is 2.29. The summed E-state index contributed by atoms with van der Waals surface area (Å²) in [7, 11) is 0. The van der Waals surface area contributed by atoms with E-state index in [1.807, 2.05) is 0 Å². The maximum Gasteiger partial charge on any atom is 0.0735 e. The Balaban J connectivity index is 1.78. The molecule has 2 atom stereocenters. The van der Waals surface area contributed by atoms with Gasteiger partial charge in [-0.25, -0.2) is 0 Å². The minimum Gasteiger partial charge on any atom is -0.391 e. The van der Waals surface area contributed by atoms with Crippen LogP contribution < -0.4 is 5.32 Å². The lowest BCUT2D eigenvalue weighted by molar-refractivity contribution is 0.119. The Labute approximate surface area is 110 Å². The van der Waals surface area contributed by atoms with Gasteiger partial charge in [-0.3, -0.25) is 0 Å². The number of hydrogen-bond acceptors (Lipinski definition) is 2. The van der Waals surface area contributed by atoms with Crippen LogP contribution in [0.2, 0.25) is 0 Å². The summed E-state index contributed by atoms with van der Waals surface area (Å²) in [4.78, 5) is 0. The molecule has 0 fully saturated rings. The maximum atomic E-state index is 10.3. The molecule has 0 aliphatic carbocycles. The summed E-state index contributed by atoms with van der Waals surface area (Å²) >= 11 is 0. The lowest BCUT2D eigenvalue weighted by atomic mass is 9.97. The van der Waals surface area contributed by atoms with Crippen molar-refractivity contribution in [2.45, 2.75) is 64.1 Å². The number of fused-ring (bicyclic) bond motifs is 1. The predicted molar refractivity (Wildman–Crippen MR) is 75.4 cm³/mol. The van der Waals surface area contributed by atoms with Crippen molar-refractivity contribution in [3.05, 3.63) is 35.4 Å². The van der Waals surface area contributed by atoms with Crippen LogP contribution in [-0.4, -0.2) is 11.2 Å². The Kier molecular flexibility index (Phi) is 5.21. The molecule has 2 heteroatoms. The fraction of sp³-hybridized carbons (Fsp3) is 0.625. The SMILES string of the molecule is CCCCCCCC(O)C1NCc2ccccc21. The number of benzene rings is 1. The first kappa shape index (κ1) is 13.6. The first-order chi connectivity index (χ1) is 8.83. The number of hydrogen-bond donors (Lipinski definition) is 2. The van der Waals surface area contributed by atoms with Crippen LogP contribution in [0.5, 0.6) is 0 Å². The van der Waals surface area contributed by atoms with Crippen molar-refractivity contribution >= 4 is 0 Å². The van der Waals surface area contributed by atoms with Crippen molar-refractivity contribution in [1.82, 2.24) is 5.32 Å². The molecule has 0 saturated carbocycles. The Morgan fingerprint density at radius 3 is 2.83 bits per heavy atom. The molecule has 0 radical (unpaired) electrons. The molecule has 0 amide bonds. The molecule has 2 nitrogen and oxygen atoms in total. The van der Waals surface area contributed by atoms with E-state index in [1.165, 1.54) is 36.8 Å². The van der Waals surface area contributed by atoms with Gasteiger partial charge in [0.05, 0.1) is 12.1 Å². The summed E-state index contributed by atoms with van der Waals surface area (Å²) in [5, 5.41) is 13.7. The quantitative estimate of drug-likeness (QED) is 0.722. The minimum absolute atomic E-state index is 0.146. The van der Waals surface area contributed by atoms with Crippen LogP contribution in [0.3, 0.4) is 0 Å². The zero-order chi connectivity index (χ0) is 12.8. The highest BCUT2D eigenvalue weighted by Gasteiger charge is 2.27. The fourth-order valence-corrected chi connectivity index (χ4v) is 2.80. The molecule has 1 aromatic carbocycles. The highest BCUT2D eigenvalue weighted by molar-refractivity contribution is 5.34. The van der Waals surface area contributed by atoms with Crippen molar-refractivity contribution in [1.29, 1.82) is 0 Å². The Morgan fingerprint density at radius 1 is 1.22 bits per heavy atom. The van der Waals surface area contributed by atoms with Crippen molar-refractivity contribution in [2.24, 2.45) is 0 Å². The van der Waals surface area contributed by atoms with Gasteiger partial charge in [0.15, 0.2) is 0 Å². The molecule has 2 N–H and O–H groups in total. The molecule has 0 saturated heterocycles. The van der Waals surface area contributed by atoms with Crippen LogP contribution >= 0.6 is 0 Å². The molecule has 1 aromatic rings. The lowest BCUT2D eigenvalue weighted by Crippen LogP contribution is -2.26. The topological polar surface area (TPSA) is 32.3 Å². The van der Waals surface area contributed by atoms with Gasteiger partial charge in [-0.15, -0.1) is 0 Å². The van der Waals surface area contributed by atoms with Crippen molar-refractivity contribution in [3.63, 3.8) is 0 Å². The zero-order valence-corrected chi connectivity index (χ0v) is 11.4. The molecular weight excluding hydrogens is 222 g/mol. The third-order valence-electron chi connectivity index (χ3n) is 3.89. The maximum absolute atomic E-state index is 10.3. The predicted octanol–water partition coefficient (Wildman–Crippen LogP) is 3.55. The average Bonchev–Trinajstić information content (AvgIpc) is 2.82. The van der Waals surface area contributed by atoms with Crippen LogP contribution in [0.25, 0.3) is 0 Å². The smallest absolute Gasteiger partial charge is 0.0735 e. The van der Waals surface area contributed by atoms with E-state index >= 15 is 0 Å². The molecule has 0 bridgehead atoms. The molecule has 1 aliphatic heterocycles. The van der Waals surface area contributed by atoms with Gasteiger partial charge in [-0.05, 0) is 17.5 Å². The van der Waals surface area contributed by atoms with E-state index in [1.54, 1.807) is 0 Å². The summed E-state index contributed by atoms with van der Waals surface area (Å²) in [5.41, 5.74) is 2.63. The van der Waals surface area contributed by atoms with Gasteiger partial charge in [-0.2, -0.15) is 0 Å². The Hall–Kier alpha value is -0.860. The molecule has 18 heavy (non-hydrogen) atoms. The second-order valence-corrected chi connectivity index (χ2v) is 5.33. The van der Waals surface area contributed by atoms with E-state index in [2.05, 4.69) is 36.5 Å². The number of nitrogens with one attached hydrogen (secondary N) is 1. The molecule has 2 unspecified atom stereocenters. The van der Waals surface area contributed by atoms with Gasteiger partial charge < -0.3 is 10.4 Å². The zero-order valence-electron chi connectivity index (χ0n) is 11.4. The van der Waals surface area contributed by atoms with E-state index in [-0.39, 0.29) is 12.1 Å². The Bertz CT molecular complexity index is 364. The summed E-state index contributed by atoms with van der Waals surface area (Å²) in [6.07, 6.45) is 6.96. The number of aliphatic hydroxyl groups excluding tert-OH is 1. The second kappa shape index (κ2) is 6.91. The number of aliphatic hydroxyl groups is 1. The van der Waals surface area contributed by atoms with E-state index in [0.717, 1.165) is 19.4 Å². The summed E-state index contributed by atoms with van der Waals surface area (Å²) < 4.78 is 0. The number of rotatable bonds is 7. The van der Waals surface area contributed by atoms with E-state index in [4.69, 9.17) is 0 Å². The second-order valence-electron chi connectivity index (χ2n) is 5.33. The molecule has 2 rings (SSSR count). The molecule has 1 aliphatic rings. The van der Waals surface area contributed by atoms with Crippen LogP contribution in [0, 0.1) is 0 Å². The minimum atomic E-state index is -0.240. The molecule has 0 spiro atoms. The molecule has 100 valence electrons. The lowest BCUT2D eigenvalue weighted by Gasteiger charge is -2.19. The number of unbranched alkanes of at least 4 members (excludes halogenated alkanes) is 4. The first-order valence-corrected chi connectivity index (χ1v) is 7.32. The van der Waals surface area contributed by atoms with Gasteiger partial charge in [0.1, 0.15) is 0 Å². The van der Waals surface area contributed by atoms with Gasteiger partial charge in [0.2, 0.25) is 0 Å². The highest BCUT2D eigenvalue weighted by atomic mass is 16.3. The van der Waals surface area contributed by atoms with Gasteiger partial charge in [0, 0.05) is 6.54 Å². The van der Waals surface area contributed by atoms with Crippen molar-refractivity contribution < 1.29 is 5.11 Å². The van der Waals surface area contributed by atoms with Gasteiger partial charge in [0.25, 0.3) is 0 Å². The average molecular weight is 247 g/mol. The molecule has 0 aromatic heterocycles. The van der Waals surface area contributed by atoms with Crippen molar-refractivity contribution in [2.75, 3.05) is 0 Å². The third-order valence-corrected chi connectivity index (χ3v) is 3.89. The van der Waals surface area contributed by atoms with Gasteiger partial charge >= 0.3 is 0 Å². The normalized spacial score (nSPS) is 19.8. The first-order valence-electron chi connectivity index (χ1n) is 7.32. The monoisotopic (exact) mass is 247 g/mol. The van der Waals surface area contributed by atoms with E-state index in [0.29, 0.717) is 0 Å². The van der Waals surface area contributed by atoms with Crippen molar-refractivity contribution in [3.8, 4) is 0 Å². The fourth-order valence-electron chi connectivity index (χ4n) is 2.80. The van der Waals surface area contributed by atoms with Gasteiger partial charge in [-0.1, -0.05) is 63.3 Å². The summed E-state index contributed by atoms with van der Waals surface area (Å²) in [6, 6.07) is 8.57. The van der Waals surface area contributed by atoms with Crippen LogP contribution in [0.1, 0.15) is 62.6 Å². The standard InChI is InChI=1S/C16H25NO/c1-2-3-4-5-6-11-15(18)16-14-10-8-7-9-13(14)12-17-16/h7-10,15-18H,2-6,11-12H2,1H3. The Morgan fingerprint density at radius 2 is 2.00 bits per heavy atom. The van der Waals surface area contributed by atoms with Crippen LogP contribution in [-0.2, 0) is 6.54 Å². The molecular formula is C16H25NO. The van der Waals surface area contributed by atoms with E-state index < -0.39 is 0 Å². The largest absolute Gasteiger partial charge is 0.391 e. The third kappa shape index (κ3) is 3.33. The molecule has 1 heterocycles. The van der Waals surface area contributed by atoms with E-state index in [9.17, 15) is 5.11 Å². The van der Waals surface area contributed by atoms with Crippen LogP contribution in [0.4, 0.5) is 0 Å². The van der Waals surface area contributed by atoms with Crippen LogP contribution in [0.15, 0.2) is 24.3 Å². The summed E-state index contributed by atoms with van der Waals surface area (Å²) in [6.45, 7) is 3.13. The summed E-state index contributed by atoms with van der Waals surface area (Å²) in [5.74, 6) is 0.